The molecule has 2 aromatic heterocycles. The van der Waals surface area contributed by atoms with Crippen LogP contribution in [0.5, 0.6) is 0 Å². The summed E-state index contributed by atoms with van der Waals surface area (Å²) in [6.07, 6.45) is 3.41. The number of halogens is 1. The lowest BCUT2D eigenvalue weighted by Gasteiger charge is -2.06. The minimum absolute atomic E-state index is 0.0420. The van der Waals surface area contributed by atoms with Gasteiger partial charge in [-0.3, -0.25) is 4.79 Å². The summed E-state index contributed by atoms with van der Waals surface area (Å²) in [6.45, 7) is 0.233. The molecule has 0 aliphatic rings. The Morgan fingerprint density at radius 3 is 2.79 bits per heavy atom. The fraction of sp³-hybridized carbons (Fsp3) is 0.105. The first kappa shape index (κ1) is 18.3. The Morgan fingerprint density at radius 2 is 2.00 bits per heavy atom. The largest absolute Gasteiger partial charge is 0.367 e. The van der Waals surface area contributed by atoms with Crippen molar-refractivity contribution in [2.75, 3.05) is 5.73 Å². The van der Waals surface area contributed by atoms with E-state index in [1.165, 1.54) is 6.07 Å². The molecule has 10 heteroatoms. The van der Waals surface area contributed by atoms with E-state index in [0.29, 0.717) is 12.1 Å². The zero-order valence-corrected chi connectivity index (χ0v) is 15.2. The van der Waals surface area contributed by atoms with Crippen LogP contribution in [0.15, 0.2) is 59.8 Å². The van der Waals surface area contributed by atoms with E-state index in [-0.39, 0.29) is 18.3 Å². The highest BCUT2D eigenvalue weighted by Crippen LogP contribution is 2.22. The number of carbonyl (C=O) groups is 1. The number of fused-ring (bicyclic) bond motifs is 1. The van der Waals surface area contributed by atoms with E-state index in [9.17, 15) is 9.18 Å². The van der Waals surface area contributed by atoms with Crippen molar-refractivity contribution in [3.63, 3.8) is 0 Å². The van der Waals surface area contributed by atoms with Gasteiger partial charge in [0.05, 0.1) is 12.8 Å². The zero-order valence-electron chi connectivity index (χ0n) is 15.2. The van der Waals surface area contributed by atoms with Gasteiger partial charge in [-0.1, -0.05) is 41.5 Å². The number of aromatic nitrogens is 5. The van der Waals surface area contributed by atoms with Crippen molar-refractivity contribution in [3.8, 4) is 0 Å². The smallest absolute Gasteiger partial charge is 0.261 e. The second-order valence-corrected chi connectivity index (χ2v) is 6.31. The van der Waals surface area contributed by atoms with Crippen molar-refractivity contribution in [2.45, 2.75) is 13.1 Å². The number of nitrogens with one attached hydrogen (secondary N) is 1. The Kier molecular flexibility index (Phi) is 4.97. The molecule has 9 nitrogen and oxygen atoms in total. The van der Waals surface area contributed by atoms with Gasteiger partial charge in [-0.2, -0.15) is 5.10 Å². The molecule has 0 unspecified atom stereocenters. The van der Waals surface area contributed by atoms with Crippen LogP contribution < -0.4 is 11.2 Å². The third-order valence-corrected chi connectivity index (χ3v) is 4.36. The van der Waals surface area contributed by atoms with Gasteiger partial charge in [-0.25, -0.2) is 14.5 Å². The molecule has 0 aliphatic heterocycles. The van der Waals surface area contributed by atoms with Crippen LogP contribution in [0, 0.1) is 5.82 Å². The summed E-state index contributed by atoms with van der Waals surface area (Å²) in [5.74, 6) is -0.634. The molecule has 2 aromatic carbocycles. The molecule has 0 saturated carbocycles. The van der Waals surface area contributed by atoms with E-state index in [1.54, 1.807) is 24.4 Å². The third-order valence-electron chi connectivity index (χ3n) is 4.36. The van der Waals surface area contributed by atoms with E-state index >= 15 is 0 Å². The van der Waals surface area contributed by atoms with E-state index in [1.807, 2.05) is 35.0 Å². The molecule has 0 radical (unpaired) electrons. The molecule has 1 amide bonds. The number of hydrazone groups is 1. The van der Waals surface area contributed by atoms with E-state index in [2.05, 4.69) is 26.1 Å². The molecular weight excluding hydrogens is 375 g/mol. The number of hydrogen-bond donors (Lipinski definition) is 2. The highest BCUT2D eigenvalue weighted by Gasteiger charge is 2.10. The lowest BCUT2D eigenvalue weighted by Crippen LogP contribution is -2.24. The van der Waals surface area contributed by atoms with Crippen molar-refractivity contribution in [3.05, 3.63) is 71.7 Å². The number of nitrogen functional groups attached to an aromatic ring is 1. The Hall–Kier alpha value is -4.08. The lowest BCUT2D eigenvalue weighted by atomic mass is 10.2. The highest BCUT2D eigenvalue weighted by molar-refractivity contribution is 5.99. The fourth-order valence-electron chi connectivity index (χ4n) is 2.99. The third kappa shape index (κ3) is 3.95. The monoisotopic (exact) mass is 392 g/mol. The number of amides is 1. The molecule has 0 bridgehead atoms. The number of anilines is 1. The van der Waals surface area contributed by atoms with Gasteiger partial charge in [0.1, 0.15) is 12.4 Å². The standard InChI is InChI=1S/C19H17FN8O/c20-16-7-3-1-5-13(16)10-27-11-14(15-6-2-4-8-17(15)27)9-22-23-18(29)12-28-19(21)24-25-26-28/h1-9,11H,10,12H2,(H,23,29)(H2,21,24,26)/b22-9-. The van der Waals surface area contributed by atoms with Crippen LogP contribution in [0.3, 0.4) is 0 Å². The van der Waals surface area contributed by atoms with E-state index < -0.39 is 5.91 Å². The van der Waals surface area contributed by atoms with Gasteiger partial charge in [-0.05, 0) is 22.6 Å². The summed E-state index contributed by atoms with van der Waals surface area (Å²) in [4.78, 5) is 12.0. The lowest BCUT2D eigenvalue weighted by molar-refractivity contribution is -0.121. The normalized spacial score (nSPS) is 11.3. The van der Waals surface area contributed by atoms with Gasteiger partial charge in [0.25, 0.3) is 5.91 Å². The second-order valence-electron chi connectivity index (χ2n) is 6.31. The maximum atomic E-state index is 14.0. The van der Waals surface area contributed by atoms with Crippen LogP contribution in [0.2, 0.25) is 0 Å². The van der Waals surface area contributed by atoms with Crippen molar-refractivity contribution in [1.82, 2.24) is 30.2 Å². The van der Waals surface area contributed by atoms with Crippen LogP contribution in [-0.2, 0) is 17.9 Å². The average Bonchev–Trinajstić information content (AvgIpc) is 3.28. The number of carbonyl (C=O) groups excluding carboxylic acids is 1. The summed E-state index contributed by atoms with van der Waals surface area (Å²) >= 11 is 0. The molecule has 3 N–H and O–H groups in total. The summed E-state index contributed by atoms with van der Waals surface area (Å²) in [5.41, 5.74) is 10.3. The summed E-state index contributed by atoms with van der Waals surface area (Å²) in [6, 6.07) is 14.4. The SMILES string of the molecule is Nc1nnnn1CC(=O)N/N=C\c1cn(Cc2ccccc2F)c2ccccc12. The second kappa shape index (κ2) is 7.89. The quantitative estimate of drug-likeness (QED) is 0.381. The number of nitrogens with zero attached hydrogens (tertiary/aromatic N) is 6. The Morgan fingerprint density at radius 1 is 1.21 bits per heavy atom. The van der Waals surface area contributed by atoms with Gasteiger partial charge < -0.3 is 10.3 Å². The van der Waals surface area contributed by atoms with E-state index in [0.717, 1.165) is 21.1 Å². The van der Waals surface area contributed by atoms with Crippen molar-refractivity contribution < 1.29 is 9.18 Å². The van der Waals surface area contributed by atoms with Crippen LogP contribution in [0.25, 0.3) is 10.9 Å². The van der Waals surface area contributed by atoms with Crippen molar-refractivity contribution >= 4 is 29.0 Å². The van der Waals surface area contributed by atoms with Gasteiger partial charge in [0.2, 0.25) is 5.95 Å². The minimum atomic E-state index is -0.421. The van der Waals surface area contributed by atoms with Crippen molar-refractivity contribution in [1.29, 1.82) is 0 Å². The molecule has 0 atom stereocenters. The van der Waals surface area contributed by atoms with Crippen molar-refractivity contribution in [2.24, 2.45) is 5.10 Å². The number of tetrazole rings is 1. The van der Waals surface area contributed by atoms with Gasteiger partial charge >= 0.3 is 0 Å². The molecule has 0 spiro atoms. The molecule has 4 rings (SSSR count). The Balaban J connectivity index is 1.53. The molecule has 4 aromatic rings. The number of para-hydroxylation sites is 1. The van der Waals surface area contributed by atoms with Crippen LogP contribution >= 0.6 is 0 Å². The maximum Gasteiger partial charge on any atom is 0.261 e. The molecule has 29 heavy (non-hydrogen) atoms. The first-order valence-corrected chi connectivity index (χ1v) is 8.76. The molecular formula is C19H17FN8O. The predicted octanol–water partition coefficient (Wildman–Crippen LogP) is 1.55. The number of benzene rings is 2. The predicted molar refractivity (Wildman–Crippen MR) is 105 cm³/mol. The summed E-state index contributed by atoms with van der Waals surface area (Å²) in [7, 11) is 0. The van der Waals surface area contributed by atoms with Gasteiger partial charge in [-0.15, -0.1) is 0 Å². The first-order chi connectivity index (χ1) is 14.1. The van der Waals surface area contributed by atoms with Crippen LogP contribution in [0.4, 0.5) is 10.3 Å². The minimum Gasteiger partial charge on any atom is -0.367 e. The van der Waals surface area contributed by atoms with E-state index in [4.69, 9.17) is 5.73 Å². The molecule has 0 fully saturated rings. The summed E-state index contributed by atoms with van der Waals surface area (Å²) in [5, 5.41) is 15.4. The number of rotatable bonds is 6. The van der Waals surface area contributed by atoms with Gasteiger partial charge in [0, 0.05) is 28.2 Å². The molecule has 0 saturated heterocycles. The molecule has 146 valence electrons. The fourth-order valence-corrected chi connectivity index (χ4v) is 2.99. The van der Waals surface area contributed by atoms with Crippen LogP contribution in [-0.4, -0.2) is 36.9 Å². The van der Waals surface area contributed by atoms with Gasteiger partial charge in [0.15, 0.2) is 0 Å². The zero-order chi connectivity index (χ0) is 20.2. The average molecular weight is 392 g/mol. The molecule has 2 heterocycles. The maximum absolute atomic E-state index is 14.0. The topological polar surface area (TPSA) is 116 Å². The summed E-state index contributed by atoms with van der Waals surface area (Å²) < 4.78 is 17.1. The number of nitrogens with two attached hydrogens (primary N) is 1. The Bertz CT molecular complexity index is 1200. The van der Waals surface area contributed by atoms with Crippen LogP contribution in [0.1, 0.15) is 11.1 Å². The first-order valence-electron chi connectivity index (χ1n) is 8.76. The number of hydrogen-bond acceptors (Lipinski definition) is 6. The highest BCUT2D eigenvalue weighted by atomic mass is 19.1. The Labute approximate surface area is 164 Å². The molecule has 0 aliphatic carbocycles.